The second-order valence-electron chi connectivity index (χ2n) is 4.58. The molecule has 0 unspecified atom stereocenters. The fraction of sp³-hybridized carbons (Fsp3) is 0.0769. The summed E-state index contributed by atoms with van der Waals surface area (Å²) in [5.74, 6) is 0. The van der Waals surface area contributed by atoms with Crippen molar-refractivity contribution in [3.05, 3.63) is 47.2 Å². The number of aromatic nitrogens is 2. The zero-order valence-electron chi connectivity index (χ0n) is 11.6. The van der Waals surface area contributed by atoms with Gasteiger partial charge in [-0.15, -0.1) is 11.3 Å². The Bertz CT molecular complexity index is 939. The van der Waals surface area contributed by atoms with Crippen LogP contribution in [0.25, 0.3) is 4.96 Å². The second-order valence-corrected chi connectivity index (χ2v) is 7.01. The van der Waals surface area contributed by atoms with E-state index >= 15 is 0 Å². The van der Waals surface area contributed by atoms with Crippen LogP contribution in [0.3, 0.4) is 0 Å². The first-order chi connectivity index (χ1) is 10.4. The zero-order valence-corrected chi connectivity index (χ0v) is 13.2. The fourth-order valence-corrected chi connectivity index (χ4v) is 3.24. The number of hydrogen-bond donors (Lipinski definition) is 2. The van der Waals surface area contributed by atoms with E-state index in [-0.39, 0.29) is 4.90 Å². The van der Waals surface area contributed by atoms with Crippen molar-refractivity contribution in [1.29, 1.82) is 0 Å². The molecule has 1 aromatic carbocycles. The lowest BCUT2D eigenvalue weighted by Crippen LogP contribution is -2.11. The van der Waals surface area contributed by atoms with Crippen LogP contribution in [0.4, 0.5) is 5.69 Å². The molecule has 0 bridgehead atoms. The molecule has 0 fully saturated rings. The number of aryl methyl sites for hydroxylation is 1. The summed E-state index contributed by atoms with van der Waals surface area (Å²) in [4.78, 5) is 5.40. The molecule has 3 aromatic rings. The lowest BCUT2D eigenvalue weighted by Gasteiger charge is -2.02. The first-order valence-electron chi connectivity index (χ1n) is 6.29. The first kappa shape index (κ1) is 14.7. The maximum absolute atomic E-state index is 11.2. The Balaban J connectivity index is 1.77. The highest BCUT2D eigenvalue weighted by atomic mass is 32.2. The number of imidazole rings is 1. The van der Waals surface area contributed by atoms with Gasteiger partial charge in [-0.05, 0) is 31.2 Å². The van der Waals surface area contributed by atoms with E-state index in [0.29, 0.717) is 5.69 Å². The third-order valence-corrected chi connectivity index (χ3v) is 4.73. The van der Waals surface area contributed by atoms with Gasteiger partial charge in [0.25, 0.3) is 0 Å². The minimum absolute atomic E-state index is 0.0636. The highest BCUT2D eigenvalue weighted by molar-refractivity contribution is 7.89. The van der Waals surface area contributed by atoms with Gasteiger partial charge < -0.3 is 0 Å². The van der Waals surface area contributed by atoms with Crippen molar-refractivity contribution in [2.24, 2.45) is 10.2 Å². The Labute approximate surface area is 131 Å². The van der Waals surface area contributed by atoms with Crippen LogP contribution in [-0.2, 0) is 10.0 Å². The van der Waals surface area contributed by atoms with E-state index in [1.807, 2.05) is 22.9 Å². The van der Waals surface area contributed by atoms with Crippen LogP contribution < -0.4 is 10.6 Å². The Kier molecular flexibility index (Phi) is 3.69. The molecule has 0 radical (unpaired) electrons. The topological polar surface area (TPSA) is 102 Å². The number of hydrogen-bond acceptors (Lipinski definition) is 6. The SMILES string of the molecule is Cc1nc2sccn2c1/C=N/Nc1ccc(S(N)(=O)=O)cc1. The van der Waals surface area contributed by atoms with Gasteiger partial charge in [-0.3, -0.25) is 9.83 Å². The lowest BCUT2D eigenvalue weighted by atomic mass is 10.3. The second kappa shape index (κ2) is 5.52. The van der Waals surface area contributed by atoms with E-state index in [9.17, 15) is 8.42 Å². The first-order valence-corrected chi connectivity index (χ1v) is 8.72. The number of primary sulfonamides is 1. The van der Waals surface area contributed by atoms with E-state index in [4.69, 9.17) is 5.14 Å². The molecule has 0 atom stereocenters. The highest BCUT2D eigenvalue weighted by Gasteiger charge is 2.07. The average Bonchev–Trinajstić information content (AvgIpc) is 3.01. The molecule has 2 heterocycles. The number of sulfonamides is 1. The fourth-order valence-electron chi connectivity index (χ4n) is 1.95. The van der Waals surface area contributed by atoms with E-state index in [0.717, 1.165) is 16.3 Å². The number of fused-ring (bicyclic) bond motifs is 1. The van der Waals surface area contributed by atoms with E-state index in [2.05, 4.69) is 15.5 Å². The van der Waals surface area contributed by atoms with Crippen molar-refractivity contribution in [3.63, 3.8) is 0 Å². The third kappa shape index (κ3) is 2.86. The number of hydrazone groups is 1. The largest absolute Gasteiger partial charge is 0.289 e. The van der Waals surface area contributed by atoms with Crippen LogP contribution in [0, 0.1) is 6.92 Å². The predicted octanol–water partition coefficient (Wildman–Crippen LogP) is 1.80. The molecule has 0 saturated carbocycles. The molecule has 0 aliphatic rings. The summed E-state index contributed by atoms with van der Waals surface area (Å²) in [6.07, 6.45) is 3.61. The van der Waals surface area contributed by atoms with Crippen LogP contribution in [0.2, 0.25) is 0 Å². The van der Waals surface area contributed by atoms with Crippen LogP contribution in [-0.4, -0.2) is 24.0 Å². The summed E-state index contributed by atoms with van der Waals surface area (Å²) in [6, 6.07) is 6.05. The van der Waals surface area contributed by atoms with Gasteiger partial charge in [-0.1, -0.05) is 0 Å². The summed E-state index contributed by atoms with van der Waals surface area (Å²) in [5.41, 5.74) is 5.29. The summed E-state index contributed by atoms with van der Waals surface area (Å²) in [5, 5.41) is 11.2. The monoisotopic (exact) mass is 335 g/mol. The normalized spacial score (nSPS) is 12.3. The minimum Gasteiger partial charge on any atom is -0.289 e. The van der Waals surface area contributed by atoms with Crippen LogP contribution >= 0.6 is 11.3 Å². The Morgan fingerprint density at radius 1 is 1.36 bits per heavy atom. The predicted molar refractivity (Wildman–Crippen MR) is 86.8 cm³/mol. The van der Waals surface area contributed by atoms with Crippen LogP contribution in [0.1, 0.15) is 11.4 Å². The molecule has 7 nitrogen and oxygen atoms in total. The Morgan fingerprint density at radius 2 is 2.09 bits per heavy atom. The van der Waals surface area contributed by atoms with Crippen molar-refractivity contribution < 1.29 is 8.42 Å². The Hall–Kier alpha value is -2.23. The van der Waals surface area contributed by atoms with Crippen LogP contribution in [0.5, 0.6) is 0 Å². The number of nitrogens with zero attached hydrogens (tertiary/aromatic N) is 3. The molecule has 0 spiro atoms. The lowest BCUT2D eigenvalue weighted by molar-refractivity contribution is 0.598. The summed E-state index contributed by atoms with van der Waals surface area (Å²) in [6.45, 7) is 1.92. The number of nitrogens with one attached hydrogen (secondary N) is 1. The molecule has 22 heavy (non-hydrogen) atoms. The number of benzene rings is 1. The van der Waals surface area contributed by atoms with Gasteiger partial charge in [-0.2, -0.15) is 5.10 Å². The molecule has 9 heteroatoms. The smallest absolute Gasteiger partial charge is 0.238 e. The molecule has 0 aliphatic carbocycles. The van der Waals surface area contributed by atoms with Gasteiger partial charge in [0, 0.05) is 11.6 Å². The quantitative estimate of drug-likeness (QED) is 0.560. The molecule has 0 amide bonds. The van der Waals surface area contributed by atoms with Crippen LogP contribution in [0.15, 0.2) is 45.8 Å². The van der Waals surface area contributed by atoms with Crippen molar-refractivity contribution in [3.8, 4) is 0 Å². The molecule has 3 rings (SSSR count). The summed E-state index contributed by atoms with van der Waals surface area (Å²) in [7, 11) is -3.68. The maximum Gasteiger partial charge on any atom is 0.238 e. The molecule has 2 aromatic heterocycles. The Morgan fingerprint density at radius 3 is 2.77 bits per heavy atom. The molecular weight excluding hydrogens is 322 g/mol. The molecular formula is C13H13N5O2S2. The molecule has 0 aliphatic heterocycles. The summed E-state index contributed by atoms with van der Waals surface area (Å²) < 4.78 is 24.3. The van der Waals surface area contributed by atoms with Crippen molar-refractivity contribution >= 4 is 38.2 Å². The van der Waals surface area contributed by atoms with E-state index in [1.165, 1.54) is 12.1 Å². The third-order valence-electron chi connectivity index (χ3n) is 3.05. The zero-order chi connectivity index (χ0) is 15.7. The maximum atomic E-state index is 11.2. The number of nitrogens with two attached hydrogens (primary N) is 1. The minimum atomic E-state index is -3.68. The van der Waals surface area contributed by atoms with E-state index in [1.54, 1.807) is 29.7 Å². The van der Waals surface area contributed by atoms with Gasteiger partial charge in [0.1, 0.15) is 0 Å². The van der Waals surface area contributed by atoms with Crippen molar-refractivity contribution in [2.75, 3.05) is 5.43 Å². The van der Waals surface area contributed by atoms with Gasteiger partial charge in [0.05, 0.1) is 28.2 Å². The highest BCUT2D eigenvalue weighted by Crippen LogP contribution is 2.16. The standard InChI is InChI=1S/C13H13N5O2S2/c1-9-12(18-6-7-21-13(18)16-9)8-15-17-10-2-4-11(5-3-10)22(14,19)20/h2-8,17H,1H3,(H2,14,19,20)/b15-8+. The number of thiazole rings is 1. The molecule has 0 saturated heterocycles. The molecule has 114 valence electrons. The number of anilines is 1. The molecule has 3 N–H and O–H groups in total. The summed E-state index contributed by atoms with van der Waals surface area (Å²) >= 11 is 1.56. The van der Waals surface area contributed by atoms with Crippen molar-refractivity contribution in [1.82, 2.24) is 9.38 Å². The van der Waals surface area contributed by atoms with Gasteiger partial charge >= 0.3 is 0 Å². The van der Waals surface area contributed by atoms with Gasteiger partial charge in [0.15, 0.2) is 4.96 Å². The average molecular weight is 335 g/mol. The van der Waals surface area contributed by atoms with Gasteiger partial charge in [-0.25, -0.2) is 18.5 Å². The van der Waals surface area contributed by atoms with Crippen molar-refractivity contribution in [2.45, 2.75) is 11.8 Å². The number of rotatable bonds is 4. The van der Waals surface area contributed by atoms with Gasteiger partial charge in [0.2, 0.25) is 10.0 Å². The van der Waals surface area contributed by atoms with E-state index < -0.39 is 10.0 Å².